The van der Waals surface area contributed by atoms with Crippen LogP contribution in [0.25, 0.3) is 0 Å². The molecule has 1 N–H and O–H groups in total. The third-order valence-electron chi connectivity index (χ3n) is 6.86. The van der Waals surface area contributed by atoms with Crippen molar-refractivity contribution in [3.05, 3.63) is 23.9 Å². The third kappa shape index (κ3) is 3.66. The van der Waals surface area contributed by atoms with Gasteiger partial charge in [-0.15, -0.1) is 11.8 Å². The summed E-state index contributed by atoms with van der Waals surface area (Å²) < 4.78 is 0. The van der Waals surface area contributed by atoms with Crippen LogP contribution in [-0.2, 0) is 4.79 Å². The fourth-order valence-electron chi connectivity index (χ4n) is 5.01. The van der Waals surface area contributed by atoms with Gasteiger partial charge in [0.2, 0.25) is 5.91 Å². The molecular weight excluding hydrogens is 374 g/mol. The van der Waals surface area contributed by atoms with Gasteiger partial charge in [0, 0.05) is 44.9 Å². The summed E-state index contributed by atoms with van der Waals surface area (Å²) in [5, 5.41) is 10.1. The van der Waals surface area contributed by atoms with Gasteiger partial charge in [-0.3, -0.25) is 9.59 Å². The highest BCUT2D eigenvalue weighted by Gasteiger charge is 2.49. The zero-order valence-corrected chi connectivity index (χ0v) is 17.2. The summed E-state index contributed by atoms with van der Waals surface area (Å²) in [4.78, 5) is 34.3. The summed E-state index contributed by atoms with van der Waals surface area (Å²) in [5.41, 5.74) is 0.668. The van der Waals surface area contributed by atoms with Gasteiger partial charge in [-0.1, -0.05) is 0 Å². The first-order valence-corrected chi connectivity index (χ1v) is 11.5. The second kappa shape index (κ2) is 8.41. The Morgan fingerprint density at radius 3 is 2.68 bits per heavy atom. The summed E-state index contributed by atoms with van der Waals surface area (Å²) in [6.45, 7) is 3.18. The van der Waals surface area contributed by atoms with Gasteiger partial charge in [0.25, 0.3) is 5.91 Å². The molecule has 2 amide bonds. The van der Waals surface area contributed by atoms with Crippen LogP contribution in [0.15, 0.2) is 23.4 Å². The standard InChI is InChI=1S/C21H29N3O3S/c1-28-19-16(3-2-7-22-19)20(26)24-10-6-15-11-17(18(15)12-24)21(27)23-8-4-14(13-25)5-9-23/h2-3,7,14-15,17-18,25H,4-6,8-13H2,1H3/t15-,17-,18-/m1/s1. The number of aliphatic hydroxyl groups excluding tert-OH is 1. The zero-order valence-electron chi connectivity index (χ0n) is 16.4. The molecule has 3 heterocycles. The number of pyridine rings is 1. The Morgan fingerprint density at radius 1 is 1.21 bits per heavy atom. The number of nitrogens with zero attached hydrogens (tertiary/aromatic N) is 3. The molecule has 2 saturated heterocycles. The van der Waals surface area contributed by atoms with E-state index in [1.54, 1.807) is 6.20 Å². The third-order valence-corrected chi connectivity index (χ3v) is 7.58. The molecule has 0 aromatic carbocycles. The molecule has 0 bridgehead atoms. The lowest BCUT2D eigenvalue weighted by atomic mass is 9.61. The minimum atomic E-state index is 0.0396. The van der Waals surface area contributed by atoms with Crippen LogP contribution in [0, 0.1) is 23.7 Å². The second-order valence-electron chi connectivity index (χ2n) is 8.32. The quantitative estimate of drug-likeness (QED) is 0.780. The molecule has 0 radical (unpaired) electrons. The van der Waals surface area contributed by atoms with Crippen LogP contribution in [0.4, 0.5) is 0 Å². The number of aromatic nitrogens is 1. The van der Waals surface area contributed by atoms with Gasteiger partial charge in [-0.2, -0.15) is 0 Å². The molecule has 2 aliphatic heterocycles. The Bertz CT molecular complexity index is 735. The van der Waals surface area contributed by atoms with E-state index in [2.05, 4.69) is 4.98 Å². The van der Waals surface area contributed by atoms with Crippen LogP contribution in [0.5, 0.6) is 0 Å². The van der Waals surface area contributed by atoms with E-state index in [0.29, 0.717) is 23.9 Å². The van der Waals surface area contributed by atoms with E-state index < -0.39 is 0 Å². The van der Waals surface area contributed by atoms with Crippen molar-refractivity contribution >= 4 is 23.6 Å². The minimum absolute atomic E-state index is 0.0396. The molecule has 152 valence electrons. The van der Waals surface area contributed by atoms with E-state index in [1.165, 1.54) is 11.8 Å². The van der Waals surface area contributed by atoms with Crippen LogP contribution in [0.2, 0.25) is 0 Å². The van der Waals surface area contributed by atoms with Crippen molar-refractivity contribution in [3.8, 4) is 0 Å². The maximum Gasteiger partial charge on any atom is 0.256 e. The first-order valence-electron chi connectivity index (χ1n) is 10.3. The fourth-order valence-corrected chi connectivity index (χ4v) is 5.55. The monoisotopic (exact) mass is 403 g/mol. The van der Waals surface area contributed by atoms with Gasteiger partial charge < -0.3 is 14.9 Å². The molecule has 1 aromatic heterocycles. The number of hydrogen-bond donors (Lipinski definition) is 1. The molecule has 1 aliphatic carbocycles. The molecular formula is C21H29N3O3S. The molecule has 3 fully saturated rings. The number of rotatable bonds is 4. The smallest absolute Gasteiger partial charge is 0.256 e. The summed E-state index contributed by atoms with van der Waals surface area (Å²) in [6, 6.07) is 3.66. The van der Waals surface area contributed by atoms with Gasteiger partial charge in [-0.25, -0.2) is 4.98 Å². The van der Waals surface area contributed by atoms with E-state index in [4.69, 9.17) is 0 Å². The SMILES string of the molecule is CSc1ncccc1C(=O)N1CC[C@@H]2C[C@@H](C(=O)N3CCC(CO)CC3)[C@@H]2C1. The molecule has 4 rings (SSSR count). The Morgan fingerprint density at radius 2 is 1.96 bits per heavy atom. The molecule has 6 nitrogen and oxygen atoms in total. The van der Waals surface area contributed by atoms with Gasteiger partial charge in [-0.05, 0) is 61.8 Å². The summed E-state index contributed by atoms with van der Waals surface area (Å²) >= 11 is 1.49. The van der Waals surface area contributed by atoms with Gasteiger partial charge in [0.05, 0.1) is 5.56 Å². The highest BCUT2D eigenvalue weighted by atomic mass is 32.2. The number of piperidine rings is 2. The number of thioether (sulfide) groups is 1. The Hall–Kier alpha value is -1.60. The zero-order chi connectivity index (χ0) is 19.7. The van der Waals surface area contributed by atoms with Crippen molar-refractivity contribution in [3.63, 3.8) is 0 Å². The topological polar surface area (TPSA) is 73.7 Å². The maximum absolute atomic E-state index is 13.1. The van der Waals surface area contributed by atoms with Crippen LogP contribution in [-0.4, -0.2) is 70.7 Å². The number of aliphatic hydroxyl groups is 1. The van der Waals surface area contributed by atoms with Crippen molar-refractivity contribution in [2.45, 2.75) is 30.7 Å². The van der Waals surface area contributed by atoms with Crippen molar-refractivity contribution in [1.82, 2.24) is 14.8 Å². The van der Waals surface area contributed by atoms with E-state index >= 15 is 0 Å². The summed E-state index contributed by atoms with van der Waals surface area (Å²) in [7, 11) is 0. The second-order valence-corrected chi connectivity index (χ2v) is 9.11. The lowest BCUT2D eigenvalue weighted by Crippen LogP contribution is -2.57. The predicted molar refractivity (Wildman–Crippen MR) is 108 cm³/mol. The van der Waals surface area contributed by atoms with Crippen LogP contribution >= 0.6 is 11.8 Å². The molecule has 3 atom stereocenters. The normalized spacial score (nSPS) is 27.9. The van der Waals surface area contributed by atoms with E-state index in [1.807, 2.05) is 28.2 Å². The Balaban J connectivity index is 1.39. The largest absolute Gasteiger partial charge is 0.396 e. The number of hydrogen-bond acceptors (Lipinski definition) is 5. The average Bonchev–Trinajstić information content (AvgIpc) is 2.74. The van der Waals surface area contributed by atoms with Crippen LogP contribution < -0.4 is 0 Å². The van der Waals surface area contributed by atoms with Crippen molar-refractivity contribution in [2.24, 2.45) is 23.7 Å². The van der Waals surface area contributed by atoms with Gasteiger partial charge in [0.1, 0.15) is 5.03 Å². The fraction of sp³-hybridized carbons (Fsp3) is 0.667. The molecule has 0 unspecified atom stereocenters. The Kier molecular flexibility index (Phi) is 5.92. The van der Waals surface area contributed by atoms with E-state index in [9.17, 15) is 14.7 Å². The minimum Gasteiger partial charge on any atom is -0.396 e. The van der Waals surface area contributed by atoms with E-state index in [0.717, 1.165) is 50.3 Å². The Labute approximate surface area is 170 Å². The molecule has 1 saturated carbocycles. The first kappa shape index (κ1) is 19.7. The lowest BCUT2D eigenvalue weighted by Gasteiger charge is -2.51. The number of fused-ring (bicyclic) bond motifs is 1. The number of amides is 2. The summed E-state index contributed by atoms with van der Waals surface area (Å²) in [5.74, 6) is 1.55. The highest BCUT2D eigenvalue weighted by Crippen LogP contribution is 2.47. The molecule has 7 heteroatoms. The highest BCUT2D eigenvalue weighted by molar-refractivity contribution is 7.98. The van der Waals surface area contributed by atoms with Crippen molar-refractivity contribution < 1.29 is 14.7 Å². The number of carbonyl (C=O) groups is 2. The number of carbonyl (C=O) groups excluding carboxylic acids is 2. The molecule has 28 heavy (non-hydrogen) atoms. The maximum atomic E-state index is 13.1. The van der Waals surface area contributed by atoms with E-state index in [-0.39, 0.29) is 30.3 Å². The van der Waals surface area contributed by atoms with Crippen molar-refractivity contribution in [2.75, 3.05) is 39.0 Å². The lowest BCUT2D eigenvalue weighted by molar-refractivity contribution is -0.149. The molecule has 1 aromatic rings. The van der Waals surface area contributed by atoms with Crippen molar-refractivity contribution in [1.29, 1.82) is 0 Å². The van der Waals surface area contributed by atoms with Gasteiger partial charge in [0.15, 0.2) is 0 Å². The average molecular weight is 404 g/mol. The predicted octanol–water partition coefficient (Wildman–Crippen LogP) is 2.13. The molecule has 0 spiro atoms. The van der Waals surface area contributed by atoms with Crippen LogP contribution in [0.1, 0.15) is 36.0 Å². The first-order chi connectivity index (χ1) is 13.6. The summed E-state index contributed by atoms with van der Waals surface area (Å²) in [6.07, 6.45) is 7.40. The molecule has 3 aliphatic rings. The van der Waals surface area contributed by atoms with Gasteiger partial charge >= 0.3 is 0 Å². The number of likely N-dealkylation sites (tertiary alicyclic amines) is 2. The van der Waals surface area contributed by atoms with Crippen LogP contribution in [0.3, 0.4) is 0 Å².